The summed E-state index contributed by atoms with van der Waals surface area (Å²) in [4.78, 5) is 22.0. The molecule has 0 bridgehead atoms. The van der Waals surface area contributed by atoms with E-state index in [2.05, 4.69) is 0 Å². The molecule has 1 unspecified atom stereocenters. The Balaban J connectivity index is 2.24. The van der Waals surface area contributed by atoms with Crippen molar-refractivity contribution in [3.63, 3.8) is 0 Å². The van der Waals surface area contributed by atoms with Crippen molar-refractivity contribution < 1.29 is 14.1 Å². The quantitative estimate of drug-likeness (QED) is 0.612. The molecule has 1 aromatic rings. The molecule has 0 aliphatic heterocycles. The van der Waals surface area contributed by atoms with Gasteiger partial charge in [-0.3, -0.25) is 14.9 Å². The highest BCUT2D eigenvalue weighted by atomic mass is 19.1. The summed E-state index contributed by atoms with van der Waals surface area (Å²) in [5.74, 6) is -0.557. The van der Waals surface area contributed by atoms with Gasteiger partial charge in [-0.05, 0) is 31.4 Å². The molecule has 0 aromatic heterocycles. The van der Waals surface area contributed by atoms with E-state index in [-0.39, 0.29) is 23.8 Å². The fraction of sp³-hybridized carbons (Fsp3) is 0.462. The van der Waals surface area contributed by atoms with Crippen LogP contribution in [0, 0.1) is 21.8 Å². The first-order valence-electron chi connectivity index (χ1n) is 6.03. The van der Waals surface area contributed by atoms with Crippen LogP contribution >= 0.6 is 0 Å². The molecule has 2 rings (SSSR count). The highest BCUT2D eigenvalue weighted by Crippen LogP contribution is 2.28. The molecule has 0 amide bonds. The van der Waals surface area contributed by atoms with Crippen molar-refractivity contribution in [3.05, 3.63) is 39.7 Å². The summed E-state index contributed by atoms with van der Waals surface area (Å²) in [6.07, 6.45) is 3.40. The minimum atomic E-state index is -0.526. The van der Waals surface area contributed by atoms with Gasteiger partial charge in [-0.15, -0.1) is 0 Å². The van der Waals surface area contributed by atoms with Crippen molar-refractivity contribution in [2.45, 2.75) is 32.1 Å². The summed E-state index contributed by atoms with van der Waals surface area (Å²) in [7, 11) is 0. The Kier molecular flexibility index (Phi) is 3.69. The van der Waals surface area contributed by atoms with Crippen LogP contribution in [0.15, 0.2) is 18.2 Å². The molecule has 0 radical (unpaired) electrons. The number of rotatable bonds is 3. The number of benzene rings is 1. The van der Waals surface area contributed by atoms with Gasteiger partial charge in [0.25, 0.3) is 5.69 Å². The first-order chi connectivity index (χ1) is 8.58. The Morgan fingerprint density at radius 2 is 2.17 bits per heavy atom. The van der Waals surface area contributed by atoms with Crippen molar-refractivity contribution in [1.82, 2.24) is 0 Å². The molecule has 1 aliphatic rings. The number of Topliss-reactive ketones (excluding diaryl/α,β-unsaturated/α-hetero) is 1. The van der Waals surface area contributed by atoms with E-state index in [0.717, 1.165) is 31.4 Å². The number of nitrogens with zero attached hydrogens (tertiary/aromatic N) is 1. The first kappa shape index (κ1) is 12.7. The van der Waals surface area contributed by atoms with E-state index in [4.69, 9.17) is 0 Å². The summed E-state index contributed by atoms with van der Waals surface area (Å²) in [6.45, 7) is 0. The van der Waals surface area contributed by atoms with E-state index in [1.807, 2.05) is 0 Å². The van der Waals surface area contributed by atoms with Crippen LogP contribution in [-0.4, -0.2) is 10.7 Å². The van der Waals surface area contributed by atoms with Crippen molar-refractivity contribution in [1.29, 1.82) is 0 Å². The molecular weight excluding hydrogens is 237 g/mol. The van der Waals surface area contributed by atoms with Gasteiger partial charge in [0.15, 0.2) is 0 Å². The molecule has 1 atom stereocenters. The molecule has 5 heteroatoms. The molecule has 96 valence electrons. The van der Waals surface area contributed by atoms with Crippen LogP contribution in [0.5, 0.6) is 0 Å². The second kappa shape index (κ2) is 5.25. The summed E-state index contributed by atoms with van der Waals surface area (Å²) < 4.78 is 13.2. The van der Waals surface area contributed by atoms with Crippen LogP contribution in [0.1, 0.15) is 31.2 Å². The van der Waals surface area contributed by atoms with Gasteiger partial charge in [0, 0.05) is 24.0 Å². The van der Waals surface area contributed by atoms with Crippen LogP contribution in [-0.2, 0) is 11.2 Å². The van der Waals surface area contributed by atoms with Gasteiger partial charge >= 0.3 is 0 Å². The zero-order chi connectivity index (χ0) is 13.1. The van der Waals surface area contributed by atoms with Gasteiger partial charge in [0.1, 0.15) is 11.6 Å². The van der Waals surface area contributed by atoms with Gasteiger partial charge in [-0.2, -0.15) is 0 Å². The highest BCUT2D eigenvalue weighted by Gasteiger charge is 2.25. The van der Waals surface area contributed by atoms with E-state index in [0.29, 0.717) is 12.0 Å². The smallest absolute Gasteiger partial charge is 0.272 e. The molecule has 4 nitrogen and oxygen atoms in total. The van der Waals surface area contributed by atoms with Gasteiger partial charge in [0.05, 0.1) is 4.92 Å². The lowest BCUT2D eigenvalue weighted by Crippen LogP contribution is -2.21. The van der Waals surface area contributed by atoms with Crippen LogP contribution in [0.25, 0.3) is 0 Å². The maximum Gasteiger partial charge on any atom is 0.272 e. The molecule has 1 fully saturated rings. The number of nitro groups is 1. The molecule has 18 heavy (non-hydrogen) atoms. The zero-order valence-electron chi connectivity index (χ0n) is 9.89. The predicted molar refractivity (Wildman–Crippen MR) is 63.7 cm³/mol. The van der Waals surface area contributed by atoms with Crippen LogP contribution in [0.3, 0.4) is 0 Å². The maximum atomic E-state index is 13.2. The monoisotopic (exact) mass is 251 g/mol. The molecule has 0 saturated heterocycles. The topological polar surface area (TPSA) is 60.2 Å². The lowest BCUT2D eigenvalue weighted by atomic mass is 9.83. The number of carbonyl (C=O) groups excluding carboxylic acids is 1. The maximum absolute atomic E-state index is 13.2. The molecule has 0 N–H and O–H groups in total. The number of ketones is 1. The van der Waals surface area contributed by atoms with E-state index < -0.39 is 10.7 Å². The van der Waals surface area contributed by atoms with Gasteiger partial charge in [-0.25, -0.2) is 4.39 Å². The Morgan fingerprint density at radius 3 is 2.83 bits per heavy atom. The third kappa shape index (κ3) is 2.72. The third-order valence-electron chi connectivity index (χ3n) is 3.39. The minimum absolute atomic E-state index is 0.102. The number of hydrogen-bond donors (Lipinski definition) is 0. The molecule has 1 aliphatic carbocycles. The van der Waals surface area contributed by atoms with Gasteiger partial charge in [0.2, 0.25) is 0 Å². The van der Waals surface area contributed by atoms with Crippen molar-refractivity contribution >= 4 is 11.5 Å². The summed E-state index contributed by atoms with van der Waals surface area (Å²) in [5, 5.41) is 10.9. The van der Waals surface area contributed by atoms with Gasteiger partial charge in [-0.1, -0.05) is 6.42 Å². The largest absolute Gasteiger partial charge is 0.299 e. The standard InChI is InChI=1S/C13H14FNO3/c14-11-5-6-12(15(17)18)10(8-11)7-9-3-1-2-4-13(9)16/h5-6,8-9H,1-4,7H2. The van der Waals surface area contributed by atoms with Crippen LogP contribution < -0.4 is 0 Å². The predicted octanol–water partition coefficient (Wildman–Crippen LogP) is 3.04. The number of halogens is 1. The average molecular weight is 251 g/mol. The molecule has 0 heterocycles. The first-order valence-corrected chi connectivity index (χ1v) is 6.03. The minimum Gasteiger partial charge on any atom is -0.299 e. The van der Waals surface area contributed by atoms with E-state index in [1.54, 1.807) is 0 Å². The van der Waals surface area contributed by atoms with Crippen LogP contribution in [0.2, 0.25) is 0 Å². The summed E-state index contributed by atoms with van der Waals surface area (Å²) in [5.41, 5.74) is 0.218. The second-order valence-electron chi connectivity index (χ2n) is 4.64. The number of hydrogen-bond acceptors (Lipinski definition) is 3. The molecule has 1 saturated carbocycles. The van der Waals surface area contributed by atoms with E-state index in [9.17, 15) is 19.3 Å². The second-order valence-corrected chi connectivity index (χ2v) is 4.64. The Hall–Kier alpha value is -1.78. The number of carbonyl (C=O) groups is 1. The van der Waals surface area contributed by atoms with E-state index in [1.165, 1.54) is 6.07 Å². The number of nitro benzene ring substituents is 1. The Morgan fingerprint density at radius 1 is 1.39 bits per heavy atom. The highest BCUT2D eigenvalue weighted by molar-refractivity contribution is 5.82. The Labute approximate surface area is 104 Å². The SMILES string of the molecule is O=C1CCCCC1Cc1cc(F)ccc1[N+](=O)[O-]. The zero-order valence-corrected chi connectivity index (χ0v) is 9.89. The third-order valence-corrected chi connectivity index (χ3v) is 3.39. The molecular formula is C13H14FNO3. The van der Waals surface area contributed by atoms with Crippen LogP contribution in [0.4, 0.5) is 10.1 Å². The Bertz CT molecular complexity index is 487. The van der Waals surface area contributed by atoms with Gasteiger partial charge < -0.3 is 0 Å². The lowest BCUT2D eigenvalue weighted by Gasteiger charge is -2.20. The lowest BCUT2D eigenvalue weighted by molar-refractivity contribution is -0.385. The normalized spacial score (nSPS) is 19.8. The van der Waals surface area contributed by atoms with E-state index >= 15 is 0 Å². The summed E-state index contributed by atoms with van der Waals surface area (Å²) >= 11 is 0. The van der Waals surface area contributed by atoms with Crippen molar-refractivity contribution in [2.24, 2.45) is 5.92 Å². The van der Waals surface area contributed by atoms with Crippen molar-refractivity contribution in [3.8, 4) is 0 Å². The molecule has 0 spiro atoms. The molecule has 1 aromatic carbocycles. The fourth-order valence-electron chi connectivity index (χ4n) is 2.43. The summed E-state index contributed by atoms with van der Waals surface area (Å²) in [6, 6.07) is 3.41. The average Bonchev–Trinajstić information content (AvgIpc) is 2.32. The fourth-order valence-corrected chi connectivity index (χ4v) is 2.43. The van der Waals surface area contributed by atoms with Crippen molar-refractivity contribution in [2.75, 3.05) is 0 Å².